The summed E-state index contributed by atoms with van der Waals surface area (Å²) in [6, 6.07) is 9.02. The summed E-state index contributed by atoms with van der Waals surface area (Å²) in [5.74, 6) is -0.761. The van der Waals surface area contributed by atoms with Crippen molar-refractivity contribution in [3.05, 3.63) is 42.7 Å². The first kappa shape index (κ1) is 8.56. The predicted octanol–water partition coefficient (Wildman–Crippen LogP) is 2.53. The Morgan fingerprint density at radius 3 is 2.71 bits per heavy atom. The number of fused-ring (bicyclic) bond motifs is 1. The van der Waals surface area contributed by atoms with E-state index in [0.29, 0.717) is 11.3 Å². The van der Waals surface area contributed by atoms with Crippen molar-refractivity contribution in [3.63, 3.8) is 0 Å². The molecule has 0 saturated heterocycles. The number of hydrogen-bond donors (Lipinski definition) is 1. The summed E-state index contributed by atoms with van der Waals surface area (Å²) in [5.41, 5.74) is 0.645. The highest BCUT2D eigenvalue weighted by atomic mass is 16.4. The molecule has 0 aliphatic heterocycles. The minimum atomic E-state index is -1.07. The molecule has 0 unspecified atom stereocenters. The lowest BCUT2D eigenvalue weighted by molar-refractivity contribution is -0.130. The summed E-state index contributed by atoms with van der Waals surface area (Å²) < 4.78 is 5.31. The van der Waals surface area contributed by atoms with Crippen molar-refractivity contribution in [1.29, 1.82) is 0 Å². The standard InChI is InChI=1S/C11H8O3/c1-7(11(12)13)10-6-8-4-2-3-5-9(8)14-10/h2-6H,1H2,(H,12,13). The van der Waals surface area contributed by atoms with E-state index in [1.807, 2.05) is 18.2 Å². The molecule has 1 heterocycles. The smallest absolute Gasteiger partial charge is 0.338 e. The van der Waals surface area contributed by atoms with Gasteiger partial charge in [-0.25, -0.2) is 4.79 Å². The highest BCUT2D eigenvalue weighted by Crippen LogP contribution is 2.23. The monoisotopic (exact) mass is 188 g/mol. The van der Waals surface area contributed by atoms with Gasteiger partial charge in [0.25, 0.3) is 0 Å². The number of carbonyl (C=O) groups is 1. The zero-order valence-corrected chi connectivity index (χ0v) is 7.36. The van der Waals surface area contributed by atoms with Crippen LogP contribution in [0, 0.1) is 0 Å². The lowest BCUT2D eigenvalue weighted by Crippen LogP contribution is -1.95. The van der Waals surface area contributed by atoms with Gasteiger partial charge in [0, 0.05) is 5.39 Å². The molecular weight excluding hydrogens is 180 g/mol. The topological polar surface area (TPSA) is 50.4 Å². The van der Waals surface area contributed by atoms with Gasteiger partial charge in [-0.2, -0.15) is 0 Å². The number of benzene rings is 1. The second kappa shape index (κ2) is 3.03. The molecule has 70 valence electrons. The van der Waals surface area contributed by atoms with Gasteiger partial charge in [0.2, 0.25) is 0 Å². The van der Waals surface area contributed by atoms with Gasteiger partial charge in [0.15, 0.2) is 0 Å². The van der Waals surface area contributed by atoms with Crippen LogP contribution in [-0.4, -0.2) is 11.1 Å². The van der Waals surface area contributed by atoms with Gasteiger partial charge in [-0.1, -0.05) is 24.8 Å². The van der Waals surface area contributed by atoms with E-state index >= 15 is 0 Å². The number of rotatable bonds is 2. The predicted molar refractivity (Wildman–Crippen MR) is 52.9 cm³/mol. The summed E-state index contributed by atoms with van der Waals surface area (Å²) in [6.07, 6.45) is 0. The number of carboxylic acids is 1. The molecule has 0 aliphatic carbocycles. The Labute approximate surface area is 80.3 Å². The van der Waals surface area contributed by atoms with E-state index in [1.54, 1.807) is 12.1 Å². The largest absolute Gasteiger partial charge is 0.478 e. The first-order valence-electron chi connectivity index (χ1n) is 4.09. The average molecular weight is 188 g/mol. The van der Waals surface area contributed by atoms with Crippen molar-refractivity contribution in [2.24, 2.45) is 0 Å². The highest BCUT2D eigenvalue weighted by Gasteiger charge is 2.12. The van der Waals surface area contributed by atoms with Crippen molar-refractivity contribution in [1.82, 2.24) is 0 Å². The van der Waals surface area contributed by atoms with Crippen molar-refractivity contribution in [3.8, 4) is 0 Å². The maximum atomic E-state index is 10.6. The third-order valence-electron chi connectivity index (χ3n) is 1.98. The second-order valence-electron chi connectivity index (χ2n) is 2.93. The van der Waals surface area contributed by atoms with Crippen LogP contribution in [0.3, 0.4) is 0 Å². The Bertz CT molecular complexity index is 475. The fraction of sp³-hybridized carbons (Fsp3) is 0. The van der Waals surface area contributed by atoms with E-state index in [0.717, 1.165) is 5.39 Å². The van der Waals surface area contributed by atoms with Crippen LogP contribution in [0.15, 0.2) is 41.3 Å². The van der Waals surface area contributed by atoms with Crippen LogP contribution < -0.4 is 0 Å². The molecule has 0 spiro atoms. The van der Waals surface area contributed by atoms with Gasteiger partial charge in [-0.3, -0.25) is 0 Å². The fourth-order valence-electron chi connectivity index (χ4n) is 1.24. The van der Waals surface area contributed by atoms with Gasteiger partial charge < -0.3 is 9.52 Å². The molecule has 14 heavy (non-hydrogen) atoms. The fourth-order valence-corrected chi connectivity index (χ4v) is 1.24. The zero-order valence-electron chi connectivity index (χ0n) is 7.36. The first-order valence-corrected chi connectivity index (χ1v) is 4.09. The summed E-state index contributed by atoms with van der Waals surface area (Å²) in [5, 5.41) is 9.58. The van der Waals surface area contributed by atoms with E-state index < -0.39 is 5.97 Å². The molecule has 0 aliphatic rings. The molecule has 1 aromatic heterocycles. The Hall–Kier alpha value is -2.03. The number of para-hydroxylation sites is 1. The molecule has 0 fully saturated rings. The number of furan rings is 1. The van der Waals surface area contributed by atoms with Gasteiger partial charge >= 0.3 is 5.97 Å². The molecule has 0 amide bonds. The van der Waals surface area contributed by atoms with Gasteiger partial charge in [-0.15, -0.1) is 0 Å². The lowest BCUT2D eigenvalue weighted by Gasteiger charge is -1.91. The van der Waals surface area contributed by atoms with E-state index in [-0.39, 0.29) is 5.57 Å². The van der Waals surface area contributed by atoms with Crippen molar-refractivity contribution in [2.75, 3.05) is 0 Å². The molecule has 2 rings (SSSR count). The summed E-state index contributed by atoms with van der Waals surface area (Å²) >= 11 is 0. The summed E-state index contributed by atoms with van der Waals surface area (Å²) in [4.78, 5) is 10.6. The van der Waals surface area contributed by atoms with Crippen LogP contribution in [0.1, 0.15) is 5.76 Å². The maximum absolute atomic E-state index is 10.6. The quantitative estimate of drug-likeness (QED) is 0.736. The average Bonchev–Trinajstić information content (AvgIpc) is 2.59. The molecule has 2 aromatic rings. The molecule has 0 radical (unpaired) electrons. The molecule has 1 N–H and O–H groups in total. The zero-order chi connectivity index (χ0) is 10.1. The molecule has 0 saturated carbocycles. The van der Waals surface area contributed by atoms with E-state index in [9.17, 15) is 4.79 Å². The molecule has 3 nitrogen and oxygen atoms in total. The molecule has 3 heteroatoms. The Morgan fingerprint density at radius 1 is 1.36 bits per heavy atom. The Kier molecular flexibility index (Phi) is 1.85. The highest BCUT2D eigenvalue weighted by molar-refractivity contribution is 6.14. The van der Waals surface area contributed by atoms with Gasteiger partial charge in [0.05, 0.1) is 5.57 Å². The number of aliphatic carboxylic acids is 1. The SMILES string of the molecule is C=C(C(=O)O)c1cc2ccccc2o1. The minimum absolute atomic E-state index is 0.0267. The van der Waals surface area contributed by atoms with Crippen LogP contribution in [0.2, 0.25) is 0 Å². The van der Waals surface area contributed by atoms with Crippen molar-refractivity contribution in [2.45, 2.75) is 0 Å². The van der Waals surface area contributed by atoms with Gasteiger partial charge in [-0.05, 0) is 12.1 Å². The molecule has 1 aromatic carbocycles. The summed E-state index contributed by atoms with van der Waals surface area (Å²) in [7, 11) is 0. The van der Waals surface area contributed by atoms with Crippen LogP contribution in [0.4, 0.5) is 0 Å². The Balaban J connectivity index is 2.55. The molecular formula is C11H8O3. The third-order valence-corrected chi connectivity index (χ3v) is 1.98. The summed E-state index contributed by atoms with van der Waals surface area (Å²) in [6.45, 7) is 3.43. The van der Waals surface area contributed by atoms with Gasteiger partial charge in [0.1, 0.15) is 11.3 Å². The van der Waals surface area contributed by atoms with Crippen molar-refractivity contribution >= 4 is 22.5 Å². The van der Waals surface area contributed by atoms with E-state index in [1.165, 1.54) is 0 Å². The van der Waals surface area contributed by atoms with Crippen LogP contribution in [0.25, 0.3) is 16.5 Å². The first-order chi connectivity index (χ1) is 6.68. The molecule has 0 atom stereocenters. The third kappa shape index (κ3) is 1.29. The molecule has 0 bridgehead atoms. The maximum Gasteiger partial charge on any atom is 0.338 e. The lowest BCUT2D eigenvalue weighted by atomic mass is 10.2. The van der Waals surface area contributed by atoms with Crippen LogP contribution in [0.5, 0.6) is 0 Å². The number of carboxylic acid groups (broad SMARTS) is 1. The van der Waals surface area contributed by atoms with E-state index in [2.05, 4.69) is 6.58 Å². The second-order valence-corrected chi connectivity index (χ2v) is 2.93. The minimum Gasteiger partial charge on any atom is -0.478 e. The van der Waals surface area contributed by atoms with Crippen LogP contribution >= 0.6 is 0 Å². The van der Waals surface area contributed by atoms with Crippen molar-refractivity contribution < 1.29 is 14.3 Å². The Morgan fingerprint density at radius 2 is 2.07 bits per heavy atom. The van der Waals surface area contributed by atoms with Crippen LogP contribution in [-0.2, 0) is 4.79 Å². The normalized spacial score (nSPS) is 10.3. The number of hydrogen-bond acceptors (Lipinski definition) is 2. The van der Waals surface area contributed by atoms with E-state index in [4.69, 9.17) is 9.52 Å².